The molecule has 2 unspecified atom stereocenters. The van der Waals surface area contributed by atoms with Crippen LogP contribution in [0.15, 0.2) is 0 Å². The maximum atomic E-state index is 12.6. The number of ether oxygens (including phenoxy) is 5. The third-order valence-corrected chi connectivity index (χ3v) is 11.6. The van der Waals surface area contributed by atoms with Gasteiger partial charge in [-0.2, -0.15) is 0 Å². The van der Waals surface area contributed by atoms with E-state index in [0.717, 1.165) is 51.4 Å². The molecule has 0 bridgehead atoms. The number of piperidine rings is 2. The second-order valence-corrected chi connectivity index (χ2v) is 14.5. The van der Waals surface area contributed by atoms with Gasteiger partial charge in [-0.25, -0.2) is 9.59 Å². The number of nitrogens with zero attached hydrogens (tertiary/aromatic N) is 2. The quantitative estimate of drug-likeness (QED) is 0.125. The number of esters is 2. The van der Waals surface area contributed by atoms with Crippen LogP contribution >= 0.6 is 0 Å². The van der Waals surface area contributed by atoms with Crippen molar-refractivity contribution in [2.75, 3.05) is 65.8 Å². The average molecular weight is 681 g/mol. The first-order chi connectivity index (χ1) is 24.0. The van der Waals surface area contributed by atoms with Gasteiger partial charge in [0.25, 0.3) is 0 Å². The fourth-order valence-electron chi connectivity index (χ4n) is 8.42. The van der Waals surface area contributed by atoms with Crippen LogP contribution in [0, 0.1) is 71.0 Å². The zero-order valence-electron chi connectivity index (χ0n) is 28.7. The Balaban J connectivity index is 0.746. The molecule has 4 fully saturated rings. The van der Waals surface area contributed by atoms with Crippen LogP contribution in [-0.2, 0) is 33.3 Å². The van der Waals surface area contributed by atoms with Gasteiger partial charge in [0.1, 0.15) is 13.2 Å². The molecule has 2 amide bonds. The molecule has 4 aliphatic carbocycles. The van der Waals surface area contributed by atoms with Crippen molar-refractivity contribution in [2.45, 2.75) is 77.0 Å². The summed E-state index contributed by atoms with van der Waals surface area (Å²) in [7, 11) is 0. The van der Waals surface area contributed by atoms with E-state index in [1.54, 1.807) is 9.80 Å². The number of amides is 2. The lowest BCUT2D eigenvalue weighted by molar-refractivity contribution is -0.153. The molecule has 49 heavy (non-hydrogen) atoms. The van der Waals surface area contributed by atoms with E-state index in [9.17, 15) is 19.2 Å². The monoisotopic (exact) mass is 680 g/mol. The summed E-state index contributed by atoms with van der Waals surface area (Å²) in [5, 5.41) is 0. The zero-order valence-corrected chi connectivity index (χ0v) is 28.7. The van der Waals surface area contributed by atoms with Gasteiger partial charge in [-0.05, 0) is 86.9 Å². The van der Waals surface area contributed by atoms with Crippen molar-refractivity contribution in [3.8, 4) is 23.7 Å². The minimum absolute atomic E-state index is 0.120. The minimum Gasteiger partial charge on any atom is -0.463 e. The van der Waals surface area contributed by atoms with E-state index in [1.165, 1.54) is 0 Å². The second kappa shape index (κ2) is 17.5. The average Bonchev–Trinajstić information content (AvgIpc) is 3.97. The molecule has 0 aromatic carbocycles. The summed E-state index contributed by atoms with van der Waals surface area (Å²) in [6.07, 6.45) is 9.80. The zero-order chi connectivity index (χ0) is 34.0. The highest BCUT2D eigenvalue weighted by Crippen LogP contribution is 2.53. The van der Waals surface area contributed by atoms with E-state index >= 15 is 0 Å². The molecule has 11 heteroatoms. The number of carbonyl (C=O) groups is 4. The first-order valence-corrected chi connectivity index (χ1v) is 18.7. The van der Waals surface area contributed by atoms with E-state index in [1.807, 2.05) is 0 Å². The summed E-state index contributed by atoms with van der Waals surface area (Å²) in [6.45, 7) is 3.53. The first-order valence-electron chi connectivity index (χ1n) is 18.7. The molecule has 2 aliphatic heterocycles. The number of hydrogen-bond donors (Lipinski definition) is 0. The molecule has 2 saturated carbocycles. The SMILES string of the molecule is O=C(OCCOCCOC(=O)C1CCN(C(=O)OCC2[C@H]3CCC#CCC[C@@H]23)CC1)C1CCN(C(=O)OCC2[C@H]3CCC#CCC[C@@H]23)CC1. The Morgan fingerprint density at radius 3 is 1.16 bits per heavy atom. The molecule has 0 aromatic heterocycles. The molecular weight excluding hydrogens is 628 g/mol. The van der Waals surface area contributed by atoms with Gasteiger partial charge < -0.3 is 33.5 Å². The largest absolute Gasteiger partial charge is 0.463 e. The summed E-state index contributed by atoms with van der Waals surface area (Å²) in [5.41, 5.74) is 0. The molecule has 268 valence electrons. The van der Waals surface area contributed by atoms with E-state index in [0.29, 0.717) is 101 Å². The van der Waals surface area contributed by atoms with Gasteiger partial charge in [-0.15, -0.1) is 23.7 Å². The summed E-state index contributed by atoms with van der Waals surface area (Å²) in [5.74, 6) is 15.3. The molecular formula is C38H52N2O9. The van der Waals surface area contributed by atoms with Gasteiger partial charge in [0, 0.05) is 51.9 Å². The highest BCUT2D eigenvalue weighted by Gasteiger charge is 2.50. The molecule has 0 aromatic rings. The van der Waals surface area contributed by atoms with E-state index in [4.69, 9.17) is 23.7 Å². The third-order valence-electron chi connectivity index (χ3n) is 11.6. The van der Waals surface area contributed by atoms with Gasteiger partial charge in [-0.1, -0.05) is 0 Å². The van der Waals surface area contributed by atoms with E-state index in [-0.39, 0.29) is 62.4 Å². The lowest BCUT2D eigenvalue weighted by atomic mass is 9.97. The Kier molecular flexibility index (Phi) is 12.6. The van der Waals surface area contributed by atoms with E-state index < -0.39 is 0 Å². The van der Waals surface area contributed by atoms with Crippen molar-refractivity contribution in [3.05, 3.63) is 0 Å². The number of rotatable bonds is 12. The molecule has 6 aliphatic rings. The molecule has 0 spiro atoms. The summed E-state index contributed by atoms with van der Waals surface area (Å²) < 4.78 is 27.6. The van der Waals surface area contributed by atoms with Crippen LogP contribution in [0.4, 0.5) is 9.59 Å². The Labute approximate surface area is 290 Å². The van der Waals surface area contributed by atoms with Crippen molar-refractivity contribution < 1.29 is 42.9 Å². The smallest absolute Gasteiger partial charge is 0.409 e. The van der Waals surface area contributed by atoms with Crippen molar-refractivity contribution in [1.29, 1.82) is 0 Å². The maximum absolute atomic E-state index is 12.6. The van der Waals surface area contributed by atoms with Crippen LogP contribution in [0.1, 0.15) is 77.0 Å². The fourth-order valence-corrected chi connectivity index (χ4v) is 8.42. The van der Waals surface area contributed by atoms with Gasteiger partial charge >= 0.3 is 24.1 Å². The molecule has 2 saturated heterocycles. The molecule has 2 heterocycles. The van der Waals surface area contributed by atoms with Crippen LogP contribution in [0.25, 0.3) is 0 Å². The summed E-state index contributed by atoms with van der Waals surface area (Å²) in [4.78, 5) is 53.7. The summed E-state index contributed by atoms with van der Waals surface area (Å²) in [6, 6.07) is 0. The van der Waals surface area contributed by atoms with Gasteiger partial charge in [0.05, 0.1) is 38.3 Å². The Hall–Kier alpha value is -3.44. The predicted octanol–water partition coefficient (Wildman–Crippen LogP) is 4.67. The highest BCUT2D eigenvalue weighted by molar-refractivity contribution is 5.74. The normalized spacial score (nSPS) is 29.4. The summed E-state index contributed by atoms with van der Waals surface area (Å²) >= 11 is 0. The van der Waals surface area contributed by atoms with Gasteiger partial charge in [0.15, 0.2) is 0 Å². The van der Waals surface area contributed by atoms with Crippen LogP contribution in [0.3, 0.4) is 0 Å². The third kappa shape index (κ3) is 9.84. The van der Waals surface area contributed by atoms with Crippen molar-refractivity contribution in [1.82, 2.24) is 9.80 Å². The van der Waals surface area contributed by atoms with Crippen LogP contribution in [0.5, 0.6) is 0 Å². The Bertz CT molecular complexity index is 1160. The van der Waals surface area contributed by atoms with Crippen molar-refractivity contribution >= 4 is 24.1 Å². The lowest BCUT2D eigenvalue weighted by Crippen LogP contribution is -2.41. The number of carbonyl (C=O) groups excluding carboxylic acids is 4. The number of likely N-dealkylation sites (tertiary alicyclic amines) is 2. The number of hydrogen-bond acceptors (Lipinski definition) is 9. The Morgan fingerprint density at radius 2 is 0.816 bits per heavy atom. The first kappa shape index (κ1) is 35.4. The number of fused-ring (bicyclic) bond motifs is 2. The predicted molar refractivity (Wildman–Crippen MR) is 177 cm³/mol. The lowest BCUT2D eigenvalue weighted by Gasteiger charge is -2.30. The van der Waals surface area contributed by atoms with Crippen LogP contribution < -0.4 is 0 Å². The molecule has 6 rings (SSSR count). The van der Waals surface area contributed by atoms with Crippen molar-refractivity contribution in [3.63, 3.8) is 0 Å². The topological polar surface area (TPSA) is 121 Å². The standard InChI is InChI=1S/C38H52N2O9/c41-35(27-13-17-39(18-14-27)37(43)48-25-33-29-9-5-1-2-6-10-30(29)33)46-23-21-45-22-24-47-36(42)28-15-19-40(20-16-28)38(44)49-26-34-31-11-7-3-4-8-12-32(31)34/h27-34H,5-26H2/t29-,30+,31-,32+,33?,34?. The Morgan fingerprint density at radius 1 is 0.469 bits per heavy atom. The molecule has 11 nitrogen and oxygen atoms in total. The van der Waals surface area contributed by atoms with Crippen LogP contribution in [0.2, 0.25) is 0 Å². The molecule has 6 atom stereocenters. The van der Waals surface area contributed by atoms with Gasteiger partial charge in [-0.3, -0.25) is 9.59 Å². The van der Waals surface area contributed by atoms with Crippen LogP contribution in [-0.4, -0.2) is 99.7 Å². The van der Waals surface area contributed by atoms with Crippen molar-refractivity contribution in [2.24, 2.45) is 47.3 Å². The van der Waals surface area contributed by atoms with E-state index in [2.05, 4.69) is 23.7 Å². The maximum Gasteiger partial charge on any atom is 0.409 e. The molecule has 0 N–H and O–H groups in total. The molecule has 0 radical (unpaired) electrons. The fraction of sp³-hybridized carbons (Fsp3) is 0.789. The minimum atomic E-state index is -0.287. The van der Waals surface area contributed by atoms with Gasteiger partial charge in [0.2, 0.25) is 0 Å². The second-order valence-electron chi connectivity index (χ2n) is 14.5. The highest BCUT2D eigenvalue weighted by atomic mass is 16.6.